The summed E-state index contributed by atoms with van der Waals surface area (Å²) in [5.74, 6) is -1.71. The monoisotopic (exact) mass is 391 g/mol. The summed E-state index contributed by atoms with van der Waals surface area (Å²) in [6.45, 7) is 3.38. The Bertz CT molecular complexity index is 1090. The van der Waals surface area contributed by atoms with E-state index >= 15 is 0 Å². The number of aromatic carboxylic acids is 1. The van der Waals surface area contributed by atoms with Gasteiger partial charge >= 0.3 is 5.97 Å². The van der Waals surface area contributed by atoms with Crippen molar-refractivity contribution in [2.75, 3.05) is 5.32 Å². The number of nitrogens with zero attached hydrogens (tertiary/aromatic N) is 2. The first kappa shape index (κ1) is 19.9. The highest BCUT2D eigenvalue weighted by Crippen LogP contribution is 2.24. The minimum atomic E-state index is -0.982. The average Bonchev–Trinajstić information content (AvgIpc) is 2.72. The number of aromatic nitrogens is 2. The summed E-state index contributed by atoms with van der Waals surface area (Å²) in [5.41, 5.74) is 3.09. The Morgan fingerprint density at radius 1 is 1.00 bits per heavy atom. The molecule has 1 amide bonds. The molecule has 6 nitrogen and oxygen atoms in total. The van der Waals surface area contributed by atoms with Crippen LogP contribution in [0, 0.1) is 12.7 Å². The third-order valence-corrected chi connectivity index (χ3v) is 4.45. The molecule has 7 heteroatoms. The van der Waals surface area contributed by atoms with Gasteiger partial charge in [0.1, 0.15) is 11.6 Å². The maximum Gasteiger partial charge on any atom is 0.335 e. The molecule has 3 rings (SSSR count). The van der Waals surface area contributed by atoms with E-state index in [2.05, 4.69) is 15.3 Å². The van der Waals surface area contributed by atoms with Gasteiger partial charge in [-0.2, -0.15) is 0 Å². The van der Waals surface area contributed by atoms with Gasteiger partial charge in [-0.25, -0.2) is 14.2 Å². The standard InChI is InChI=1S/C22H18FN3O3/c1-3-17(14-4-6-15(7-5-14)22(28)29)16-8-9-20(25-10-16)26-21(27)18-11-24-12-19(23)13(18)2/h3-12H,1-2H3,(H,28,29)(H,25,26,27)/b17-3-. The van der Waals surface area contributed by atoms with Crippen LogP contribution in [0.1, 0.15) is 44.3 Å². The van der Waals surface area contributed by atoms with Crippen LogP contribution in [0.5, 0.6) is 0 Å². The minimum Gasteiger partial charge on any atom is -0.478 e. The molecule has 146 valence electrons. The van der Waals surface area contributed by atoms with Crippen LogP contribution in [0.15, 0.2) is 61.1 Å². The molecular formula is C22H18FN3O3. The Morgan fingerprint density at radius 3 is 2.24 bits per heavy atom. The number of nitrogens with one attached hydrogen (secondary N) is 1. The van der Waals surface area contributed by atoms with Crippen molar-refractivity contribution in [1.82, 2.24) is 9.97 Å². The first-order chi connectivity index (χ1) is 13.9. The van der Waals surface area contributed by atoms with Crippen LogP contribution in [0.4, 0.5) is 10.2 Å². The molecule has 2 N–H and O–H groups in total. The number of carboxylic acid groups (broad SMARTS) is 1. The van der Waals surface area contributed by atoms with Crippen molar-refractivity contribution in [2.24, 2.45) is 0 Å². The number of amides is 1. The molecule has 0 radical (unpaired) electrons. The van der Waals surface area contributed by atoms with Gasteiger partial charge < -0.3 is 10.4 Å². The third kappa shape index (κ3) is 4.35. The van der Waals surface area contributed by atoms with E-state index in [1.165, 1.54) is 13.1 Å². The largest absolute Gasteiger partial charge is 0.478 e. The van der Waals surface area contributed by atoms with Gasteiger partial charge in [-0.1, -0.05) is 18.2 Å². The second kappa shape index (κ2) is 8.43. The second-order valence-electron chi connectivity index (χ2n) is 6.26. The van der Waals surface area contributed by atoms with Crippen LogP contribution < -0.4 is 5.32 Å². The highest BCUT2D eigenvalue weighted by Gasteiger charge is 2.14. The molecule has 2 heterocycles. The first-order valence-corrected chi connectivity index (χ1v) is 8.78. The molecule has 2 aromatic heterocycles. The van der Waals surface area contributed by atoms with Crippen LogP contribution in [-0.4, -0.2) is 27.0 Å². The fourth-order valence-corrected chi connectivity index (χ4v) is 2.83. The highest BCUT2D eigenvalue weighted by molar-refractivity contribution is 6.04. The van der Waals surface area contributed by atoms with Crippen molar-refractivity contribution in [3.05, 3.63) is 94.7 Å². The van der Waals surface area contributed by atoms with Gasteiger partial charge in [0.05, 0.1) is 17.3 Å². The summed E-state index contributed by atoms with van der Waals surface area (Å²) in [6.07, 6.45) is 5.86. The quantitative estimate of drug-likeness (QED) is 0.676. The Morgan fingerprint density at radius 2 is 1.66 bits per heavy atom. The number of hydrogen-bond acceptors (Lipinski definition) is 4. The zero-order chi connectivity index (χ0) is 21.0. The smallest absolute Gasteiger partial charge is 0.335 e. The Balaban J connectivity index is 1.79. The van der Waals surface area contributed by atoms with Crippen LogP contribution in [0.3, 0.4) is 0 Å². The average molecular weight is 391 g/mol. The van der Waals surface area contributed by atoms with Gasteiger partial charge in [0.15, 0.2) is 0 Å². The molecule has 3 aromatic rings. The van der Waals surface area contributed by atoms with Crippen molar-refractivity contribution in [1.29, 1.82) is 0 Å². The Kier molecular flexibility index (Phi) is 5.78. The molecule has 29 heavy (non-hydrogen) atoms. The summed E-state index contributed by atoms with van der Waals surface area (Å²) < 4.78 is 13.6. The van der Waals surface area contributed by atoms with Gasteiger partial charge in [-0.3, -0.25) is 9.78 Å². The number of carbonyl (C=O) groups excluding carboxylic acids is 1. The number of rotatable bonds is 5. The topological polar surface area (TPSA) is 92.2 Å². The molecule has 0 aliphatic rings. The number of carboxylic acids is 1. The predicted octanol–water partition coefficient (Wildman–Crippen LogP) is 4.33. The van der Waals surface area contributed by atoms with E-state index in [-0.39, 0.29) is 16.7 Å². The number of halogens is 1. The molecule has 0 spiro atoms. The summed E-state index contributed by atoms with van der Waals surface area (Å²) >= 11 is 0. The summed E-state index contributed by atoms with van der Waals surface area (Å²) in [6, 6.07) is 9.98. The van der Waals surface area contributed by atoms with Crippen molar-refractivity contribution >= 4 is 23.3 Å². The van der Waals surface area contributed by atoms with Crippen molar-refractivity contribution < 1.29 is 19.1 Å². The fraction of sp³-hybridized carbons (Fsp3) is 0.0909. The van der Waals surface area contributed by atoms with E-state index in [1.54, 1.807) is 42.6 Å². The van der Waals surface area contributed by atoms with Crippen LogP contribution in [0.25, 0.3) is 5.57 Å². The predicted molar refractivity (Wildman–Crippen MR) is 107 cm³/mol. The maximum atomic E-state index is 13.6. The first-order valence-electron chi connectivity index (χ1n) is 8.78. The van der Waals surface area contributed by atoms with Crippen LogP contribution >= 0.6 is 0 Å². The lowest BCUT2D eigenvalue weighted by atomic mass is 9.98. The second-order valence-corrected chi connectivity index (χ2v) is 6.26. The van der Waals surface area contributed by atoms with Gasteiger partial charge in [0.25, 0.3) is 5.91 Å². The molecule has 0 atom stereocenters. The van der Waals surface area contributed by atoms with E-state index < -0.39 is 17.7 Å². The molecule has 0 saturated heterocycles. The summed E-state index contributed by atoms with van der Waals surface area (Å²) in [4.78, 5) is 31.3. The molecule has 0 bridgehead atoms. The van der Waals surface area contributed by atoms with Gasteiger partial charge in [-0.15, -0.1) is 0 Å². The zero-order valence-corrected chi connectivity index (χ0v) is 15.8. The fourth-order valence-electron chi connectivity index (χ4n) is 2.83. The summed E-state index contributed by atoms with van der Waals surface area (Å²) in [5, 5.41) is 11.7. The Hall–Kier alpha value is -3.87. The van der Waals surface area contributed by atoms with Gasteiger partial charge in [-0.05, 0) is 49.2 Å². The number of carbonyl (C=O) groups is 2. The van der Waals surface area contributed by atoms with E-state index in [4.69, 9.17) is 5.11 Å². The lowest BCUT2D eigenvalue weighted by Gasteiger charge is -2.10. The van der Waals surface area contributed by atoms with Crippen molar-refractivity contribution in [3.8, 4) is 0 Å². The van der Waals surface area contributed by atoms with Crippen LogP contribution in [-0.2, 0) is 0 Å². The zero-order valence-electron chi connectivity index (χ0n) is 15.8. The number of hydrogen-bond donors (Lipinski definition) is 2. The third-order valence-electron chi connectivity index (χ3n) is 4.45. The van der Waals surface area contributed by atoms with Crippen molar-refractivity contribution in [2.45, 2.75) is 13.8 Å². The van der Waals surface area contributed by atoms with E-state index in [0.717, 1.165) is 22.9 Å². The highest BCUT2D eigenvalue weighted by atomic mass is 19.1. The Labute approximate surface area is 166 Å². The number of benzene rings is 1. The molecule has 0 unspecified atom stereocenters. The number of pyridine rings is 2. The SMILES string of the molecule is C/C=C(/c1ccc(C(=O)O)cc1)c1ccc(NC(=O)c2cncc(F)c2C)nc1. The lowest BCUT2D eigenvalue weighted by Crippen LogP contribution is -2.15. The number of allylic oxidation sites excluding steroid dienone is 1. The normalized spacial score (nSPS) is 11.2. The van der Waals surface area contributed by atoms with E-state index in [0.29, 0.717) is 5.82 Å². The molecule has 0 fully saturated rings. The van der Waals surface area contributed by atoms with E-state index in [9.17, 15) is 14.0 Å². The lowest BCUT2D eigenvalue weighted by molar-refractivity contribution is 0.0696. The molecule has 0 aliphatic heterocycles. The molecular weight excluding hydrogens is 373 g/mol. The van der Waals surface area contributed by atoms with Crippen LogP contribution in [0.2, 0.25) is 0 Å². The minimum absolute atomic E-state index is 0.142. The molecule has 0 aliphatic carbocycles. The number of anilines is 1. The summed E-state index contributed by atoms with van der Waals surface area (Å²) in [7, 11) is 0. The molecule has 1 aromatic carbocycles. The van der Waals surface area contributed by atoms with Crippen molar-refractivity contribution in [3.63, 3.8) is 0 Å². The van der Waals surface area contributed by atoms with Gasteiger partial charge in [0, 0.05) is 23.5 Å². The van der Waals surface area contributed by atoms with Gasteiger partial charge in [0.2, 0.25) is 0 Å². The molecule has 0 saturated carbocycles. The maximum absolute atomic E-state index is 13.6. The van der Waals surface area contributed by atoms with E-state index in [1.807, 2.05) is 13.0 Å².